The molecule has 0 aliphatic carbocycles. The molecule has 3 aliphatic heterocycles. The lowest BCUT2D eigenvalue weighted by molar-refractivity contribution is 0.432. The number of anilines is 5. The summed E-state index contributed by atoms with van der Waals surface area (Å²) in [4.78, 5) is 14.0. The first kappa shape index (κ1) is 35.2. The minimum Gasteiger partial charge on any atom is -0.392 e. The highest BCUT2D eigenvalue weighted by atomic mass is 35.5. The number of fused-ring (bicyclic) bond motifs is 2. The van der Waals surface area contributed by atoms with Gasteiger partial charge in [-0.2, -0.15) is 10.1 Å². The van der Waals surface area contributed by atoms with E-state index in [2.05, 4.69) is 113 Å². The van der Waals surface area contributed by atoms with E-state index in [1.165, 1.54) is 22.2 Å². The van der Waals surface area contributed by atoms with Crippen molar-refractivity contribution < 1.29 is 0 Å². The standard InChI is InChI=1S/C41H49ClN10/c1-25(43-5)13-15-30-20-31-21-32(16-18-36(31)50(6)28(30)4)47-40-35(42)23-45-41(48-40)44-22-29-10-9-19-52(24-29)37-12-8-11-34-38(49-51(7)39(34)37)33-17-14-26(2)46-27(33)3/h8,11-12,16,18,20-21,23,29,33,43,46H,1-4,9-10,13-15,17,19,22,24H2,5-7H3,(H2,44,45,47,48). The molecule has 3 aliphatic rings. The van der Waals surface area contributed by atoms with Crippen LogP contribution in [0.2, 0.25) is 5.02 Å². The Bertz CT molecular complexity index is 2090. The number of aromatic nitrogens is 4. The van der Waals surface area contributed by atoms with Gasteiger partial charge in [0, 0.05) is 91.8 Å². The summed E-state index contributed by atoms with van der Waals surface area (Å²) in [6, 6.07) is 12.8. The van der Waals surface area contributed by atoms with Crippen LogP contribution in [-0.4, -0.2) is 53.5 Å². The molecular formula is C41H49ClN10. The van der Waals surface area contributed by atoms with Crippen LogP contribution in [0, 0.1) is 5.92 Å². The van der Waals surface area contributed by atoms with Crippen LogP contribution in [0.3, 0.4) is 0 Å². The third kappa shape index (κ3) is 7.12. The second-order valence-corrected chi connectivity index (χ2v) is 14.6. The number of nitrogens with one attached hydrogen (secondary N) is 4. The Balaban J connectivity index is 1.03. The molecule has 4 N–H and O–H groups in total. The molecular weight excluding hydrogens is 668 g/mol. The molecule has 0 bridgehead atoms. The molecule has 2 fully saturated rings. The molecule has 270 valence electrons. The second kappa shape index (κ2) is 14.8. The van der Waals surface area contributed by atoms with Crippen LogP contribution in [0.25, 0.3) is 17.0 Å². The van der Waals surface area contributed by atoms with Crippen molar-refractivity contribution in [1.29, 1.82) is 0 Å². The molecule has 0 radical (unpaired) electrons. The number of hydrogen-bond acceptors (Lipinski definition) is 9. The topological polar surface area (TPSA) is 98.2 Å². The summed E-state index contributed by atoms with van der Waals surface area (Å²) in [5, 5.41) is 20.1. The molecule has 0 saturated carbocycles. The first-order valence-electron chi connectivity index (χ1n) is 18.1. The number of benzene rings is 2. The Morgan fingerprint density at radius 2 is 1.94 bits per heavy atom. The third-order valence-corrected chi connectivity index (χ3v) is 10.9. The van der Waals surface area contributed by atoms with E-state index in [1.54, 1.807) is 6.20 Å². The van der Waals surface area contributed by atoms with E-state index in [4.69, 9.17) is 21.7 Å². The number of likely N-dealkylation sites (N-methyl/N-ethyl adjacent to an activating group) is 1. The number of halogens is 1. The summed E-state index contributed by atoms with van der Waals surface area (Å²) in [6.07, 6.45) is 9.70. The number of piperidine rings is 2. The van der Waals surface area contributed by atoms with Crippen LogP contribution in [0.4, 0.5) is 28.8 Å². The maximum atomic E-state index is 6.61. The van der Waals surface area contributed by atoms with E-state index in [0.717, 1.165) is 104 Å². The quantitative estimate of drug-likeness (QED) is 0.122. The van der Waals surface area contributed by atoms with Gasteiger partial charge in [0.25, 0.3) is 0 Å². The van der Waals surface area contributed by atoms with Crippen LogP contribution in [-0.2, 0) is 7.05 Å². The van der Waals surface area contributed by atoms with Crippen LogP contribution < -0.4 is 31.1 Å². The van der Waals surface area contributed by atoms with Gasteiger partial charge < -0.3 is 31.1 Å². The molecule has 2 aromatic carbocycles. The minimum absolute atomic E-state index is 0.167. The zero-order chi connectivity index (χ0) is 36.5. The van der Waals surface area contributed by atoms with Gasteiger partial charge in [-0.15, -0.1) is 0 Å². The average molecular weight is 717 g/mol. The fourth-order valence-electron chi connectivity index (χ4n) is 7.70. The average Bonchev–Trinajstić information content (AvgIpc) is 3.48. The van der Waals surface area contributed by atoms with E-state index in [0.29, 0.717) is 22.7 Å². The highest BCUT2D eigenvalue weighted by Crippen LogP contribution is 2.40. The number of allylic oxidation sites excluding steroid dienone is 4. The molecule has 5 heterocycles. The van der Waals surface area contributed by atoms with E-state index in [9.17, 15) is 0 Å². The highest BCUT2D eigenvalue weighted by Gasteiger charge is 2.28. The summed E-state index contributed by atoms with van der Waals surface area (Å²) < 4.78 is 2.05. The van der Waals surface area contributed by atoms with Crippen molar-refractivity contribution in [1.82, 2.24) is 30.4 Å². The Hall–Kier alpha value is -5.22. The van der Waals surface area contributed by atoms with Crippen molar-refractivity contribution in [3.63, 3.8) is 0 Å². The van der Waals surface area contributed by atoms with Gasteiger partial charge in [-0.1, -0.05) is 50.0 Å². The molecule has 11 heteroatoms. The van der Waals surface area contributed by atoms with E-state index < -0.39 is 0 Å². The SMILES string of the molecule is C=C(CCC1=Cc2cc(Nc3nc(NCC4CCCN(c5cccc6c(C7CCC(=C)NC7=C)nn(C)c56)C4)ncc3Cl)ccc2N(C)C1=C)NC. The maximum absolute atomic E-state index is 6.61. The Morgan fingerprint density at radius 1 is 1.10 bits per heavy atom. The van der Waals surface area contributed by atoms with Crippen molar-refractivity contribution in [3.05, 3.63) is 114 Å². The Morgan fingerprint density at radius 3 is 2.75 bits per heavy atom. The van der Waals surface area contributed by atoms with Gasteiger partial charge in [0.15, 0.2) is 5.82 Å². The van der Waals surface area contributed by atoms with Gasteiger partial charge in [-0.3, -0.25) is 4.68 Å². The summed E-state index contributed by atoms with van der Waals surface area (Å²) in [5.41, 5.74) is 11.8. The lowest BCUT2D eigenvalue weighted by Crippen LogP contribution is -2.38. The molecule has 4 aromatic rings. The first-order chi connectivity index (χ1) is 25.1. The predicted molar refractivity (Wildman–Crippen MR) is 217 cm³/mol. The zero-order valence-electron chi connectivity index (χ0n) is 30.5. The predicted octanol–water partition coefficient (Wildman–Crippen LogP) is 8.44. The largest absolute Gasteiger partial charge is 0.392 e. The smallest absolute Gasteiger partial charge is 0.224 e. The van der Waals surface area contributed by atoms with Crippen molar-refractivity contribution >= 4 is 57.4 Å². The molecule has 7 rings (SSSR count). The van der Waals surface area contributed by atoms with Gasteiger partial charge in [0.1, 0.15) is 5.02 Å². The Kier molecular flexibility index (Phi) is 10.0. The maximum Gasteiger partial charge on any atom is 0.224 e. The fourth-order valence-corrected chi connectivity index (χ4v) is 7.84. The van der Waals surface area contributed by atoms with E-state index in [1.807, 2.05) is 17.8 Å². The highest BCUT2D eigenvalue weighted by molar-refractivity contribution is 6.32. The molecule has 52 heavy (non-hydrogen) atoms. The molecule has 2 atom stereocenters. The Labute approximate surface area is 312 Å². The van der Waals surface area contributed by atoms with Crippen LogP contribution in [0.5, 0.6) is 0 Å². The molecule has 0 amide bonds. The van der Waals surface area contributed by atoms with Crippen molar-refractivity contribution in [3.8, 4) is 0 Å². The van der Waals surface area contributed by atoms with Crippen LogP contribution in [0.1, 0.15) is 55.7 Å². The number of aryl methyl sites for hydroxylation is 1. The molecule has 2 saturated heterocycles. The zero-order valence-corrected chi connectivity index (χ0v) is 31.3. The number of para-hydroxylation sites is 1. The number of nitrogens with zero attached hydrogens (tertiary/aromatic N) is 6. The lowest BCUT2D eigenvalue weighted by atomic mass is 9.90. The summed E-state index contributed by atoms with van der Waals surface area (Å²) in [5.74, 6) is 1.69. The van der Waals surface area contributed by atoms with E-state index >= 15 is 0 Å². The first-order valence-corrected chi connectivity index (χ1v) is 18.5. The van der Waals surface area contributed by atoms with Gasteiger partial charge in [0.2, 0.25) is 5.95 Å². The van der Waals surface area contributed by atoms with Crippen molar-refractivity contribution in [2.45, 2.75) is 44.4 Å². The lowest BCUT2D eigenvalue weighted by Gasteiger charge is -2.35. The molecule has 0 spiro atoms. The molecule has 2 unspecified atom stereocenters. The van der Waals surface area contributed by atoms with Crippen LogP contribution in [0.15, 0.2) is 97.3 Å². The third-order valence-electron chi connectivity index (χ3n) is 10.7. The van der Waals surface area contributed by atoms with Gasteiger partial charge in [-0.05, 0) is 80.4 Å². The van der Waals surface area contributed by atoms with Crippen molar-refractivity contribution in [2.24, 2.45) is 13.0 Å². The van der Waals surface area contributed by atoms with Gasteiger partial charge in [-0.25, -0.2) is 4.98 Å². The molecule has 2 aromatic heterocycles. The normalized spacial score (nSPS) is 18.9. The fraction of sp³-hybridized carbons (Fsp3) is 0.341. The molecule has 10 nitrogen and oxygen atoms in total. The van der Waals surface area contributed by atoms with Gasteiger partial charge in [0.05, 0.1) is 23.1 Å². The summed E-state index contributed by atoms with van der Waals surface area (Å²) in [7, 11) is 6.01. The van der Waals surface area contributed by atoms with Crippen LogP contribution >= 0.6 is 11.6 Å². The summed E-state index contributed by atoms with van der Waals surface area (Å²) >= 11 is 6.61. The van der Waals surface area contributed by atoms with Gasteiger partial charge >= 0.3 is 0 Å². The minimum atomic E-state index is 0.167. The summed E-state index contributed by atoms with van der Waals surface area (Å²) in [6.45, 7) is 19.5. The monoisotopic (exact) mass is 716 g/mol. The second-order valence-electron chi connectivity index (χ2n) is 14.2. The van der Waals surface area contributed by atoms with Crippen molar-refractivity contribution in [2.75, 3.05) is 54.2 Å². The van der Waals surface area contributed by atoms with E-state index in [-0.39, 0.29) is 5.92 Å². The number of hydrogen-bond donors (Lipinski definition) is 4. The number of rotatable bonds is 11.